The van der Waals surface area contributed by atoms with Crippen molar-refractivity contribution in [2.45, 2.75) is 81.5 Å². The third-order valence-electron chi connectivity index (χ3n) is 9.79. The zero-order valence-electron chi connectivity index (χ0n) is 24.0. The number of carbonyl (C=O) groups is 3. The fourth-order valence-corrected chi connectivity index (χ4v) is 9.41. The predicted molar refractivity (Wildman–Crippen MR) is 149 cm³/mol. The molecule has 0 radical (unpaired) electrons. The van der Waals surface area contributed by atoms with Crippen LogP contribution < -0.4 is 0 Å². The molecule has 1 aromatic carbocycles. The first-order chi connectivity index (χ1) is 19.3. The van der Waals surface area contributed by atoms with Gasteiger partial charge in [0.15, 0.2) is 11.1 Å². The molecule has 2 saturated heterocycles. The Kier molecular flexibility index (Phi) is 7.58. The summed E-state index contributed by atoms with van der Waals surface area (Å²) in [5, 5.41) is 0. The highest BCUT2D eigenvalue weighted by atomic mass is 35.5. The van der Waals surface area contributed by atoms with Gasteiger partial charge in [-0.15, -0.1) is 11.6 Å². The van der Waals surface area contributed by atoms with E-state index in [-0.39, 0.29) is 30.4 Å². The number of nitrogens with zero attached hydrogens (tertiary/aromatic N) is 2. The van der Waals surface area contributed by atoms with E-state index in [0.717, 1.165) is 16.9 Å². The number of carbonyl (C=O) groups excluding carboxylic acids is 3. The average molecular weight is 609 g/mol. The SMILES string of the molecule is C/C=C/CC1(Cl)C(=O)OCCO[C@H]2C[C@@H]3CC[C@@]2(C(=O)N2C(=O)N(S(=O)(=O)c4ccc(C)cc4)[C@H]1[C@H]2OC)C3(C)C. The molecule has 10 nitrogen and oxygen atoms in total. The van der Waals surface area contributed by atoms with Gasteiger partial charge < -0.3 is 14.2 Å². The van der Waals surface area contributed by atoms with Gasteiger partial charge in [0.05, 0.1) is 23.0 Å². The third-order valence-corrected chi connectivity index (χ3v) is 12.1. The van der Waals surface area contributed by atoms with Crippen LogP contribution in [0.3, 0.4) is 0 Å². The Bertz CT molecular complexity index is 1380. The lowest BCUT2D eigenvalue weighted by Gasteiger charge is -2.43. The highest BCUT2D eigenvalue weighted by Gasteiger charge is 2.73. The highest BCUT2D eigenvalue weighted by molar-refractivity contribution is 7.89. The number of methoxy groups -OCH3 is 1. The number of cyclic esters (lactones) is 1. The number of ether oxygens (including phenoxy) is 3. The van der Waals surface area contributed by atoms with Crippen molar-refractivity contribution in [3.8, 4) is 0 Å². The number of alkyl halides is 1. The summed E-state index contributed by atoms with van der Waals surface area (Å²) >= 11 is 7.10. The molecule has 1 spiro atoms. The lowest BCUT2D eigenvalue weighted by molar-refractivity contribution is -0.171. The maximum Gasteiger partial charge on any atom is 0.343 e. The molecule has 2 aliphatic heterocycles. The molecular formula is C29H37ClN2O8S. The minimum Gasteiger partial charge on any atom is -0.462 e. The van der Waals surface area contributed by atoms with E-state index in [2.05, 4.69) is 0 Å². The number of halogens is 1. The van der Waals surface area contributed by atoms with Gasteiger partial charge in [-0.25, -0.2) is 22.4 Å². The van der Waals surface area contributed by atoms with Crippen LogP contribution in [0.1, 0.15) is 52.0 Å². The van der Waals surface area contributed by atoms with Crippen LogP contribution in [-0.2, 0) is 33.8 Å². The van der Waals surface area contributed by atoms with Crippen LogP contribution in [0, 0.1) is 23.7 Å². The first kappa shape index (κ1) is 30.0. The Morgan fingerprint density at radius 1 is 1.15 bits per heavy atom. The largest absolute Gasteiger partial charge is 0.462 e. The van der Waals surface area contributed by atoms with Gasteiger partial charge in [0.2, 0.25) is 5.91 Å². The van der Waals surface area contributed by atoms with Gasteiger partial charge in [0.1, 0.15) is 12.6 Å². The molecule has 1 aromatic rings. The van der Waals surface area contributed by atoms with Gasteiger partial charge in [0, 0.05) is 7.11 Å². The quantitative estimate of drug-likeness (QED) is 0.280. The molecule has 224 valence electrons. The van der Waals surface area contributed by atoms with Crippen LogP contribution in [0.15, 0.2) is 41.3 Å². The number of benzene rings is 1. The fraction of sp³-hybridized carbons (Fsp3) is 0.621. The van der Waals surface area contributed by atoms with Gasteiger partial charge in [-0.3, -0.25) is 9.59 Å². The molecule has 2 saturated carbocycles. The van der Waals surface area contributed by atoms with E-state index < -0.39 is 62.0 Å². The molecule has 5 rings (SSSR count). The van der Waals surface area contributed by atoms with Crippen molar-refractivity contribution >= 4 is 39.5 Å². The number of fused-ring (bicyclic) bond motifs is 3. The number of urea groups is 1. The van der Waals surface area contributed by atoms with Gasteiger partial charge >= 0.3 is 12.0 Å². The zero-order chi connectivity index (χ0) is 30.0. The van der Waals surface area contributed by atoms with Crippen LogP contribution >= 0.6 is 11.6 Å². The number of amides is 3. The van der Waals surface area contributed by atoms with Crippen LogP contribution in [0.4, 0.5) is 4.79 Å². The summed E-state index contributed by atoms with van der Waals surface area (Å²) in [6.45, 7) is 7.39. The number of aryl methyl sites for hydroxylation is 1. The number of sulfonamides is 1. The third kappa shape index (κ3) is 4.17. The second kappa shape index (κ2) is 10.4. The van der Waals surface area contributed by atoms with Crippen LogP contribution in [0.2, 0.25) is 0 Å². The van der Waals surface area contributed by atoms with Gasteiger partial charge in [0.25, 0.3) is 10.0 Å². The molecule has 41 heavy (non-hydrogen) atoms. The molecule has 2 heterocycles. The molecule has 0 N–H and O–H groups in total. The van der Waals surface area contributed by atoms with Crippen molar-refractivity contribution in [2.24, 2.45) is 16.7 Å². The molecule has 3 amide bonds. The fourth-order valence-electron chi connectivity index (χ4n) is 7.42. The lowest BCUT2D eigenvalue weighted by atomic mass is 9.67. The Balaban J connectivity index is 1.75. The Morgan fingerprint density at radius 2 is 1.83 bits per heavy atom. The summed E-state index contributed by atoms with van der Waals surface area (Å²) in [4.78, 5) is 41.4. The molecule has 4 fully saturated rings. The Morgan fingerprint density at radius 3 is 2.44 bits per heavy atom. The molecule has 6 atom stereocenters. The normalized spacial score (nSPS) is 35.4. The summed E-state index contributed by atoms with van der Waals surface area (Å²) in [5.74, 6) is -1.36. The number of rotatable bonds is 5. The van der Waals surface area contributed by atoms with E-state index in [0.29, 0.717) is 17.1 Å². The van der Waals surface area contributed by atoms with Crippen molar-refractivity contribution < 1.29 is 37.0 Å². The van der Waals surface area contributed by atoms with Gasteiger partial charge in [-0.2, -0.15) is 0 Å². The van der Waals surface area contributed by atoms with Gasteiger partial charge in [-0.05, 0) is 63.0 Å². The van der Waals surface area contributed by atoms with E-state index in [9.17, 15) is 22.8 Å². The first-order valence-electron chi connectivity index (χ1n) is 13.9. The summed E-state index contributed by atoms with van der Waals surface area (Å²) in [6, 6.07) is 3.20. The van der Waals surface area contributed by atoms with E-state index in [1.807, 2.05) is 13.8 Å². The zero-order valence-corrected chi connectivity index (χ0v) is 25.5. The maximum atomic E-state index is 14.8. The minimum atomic E-state index is -4.62. The van der Waals surface area contributed by atoms with E-state index in [1.54, 1.807) is 38.1 Å². The average Bonchev–Trinajstić information content (AvgIpc) is 3.47. The topological polar surface area (TPSA) is 120 Å². The first-order valence-corrected chi connectivity index (χ1v) is 15.7. The van der Waals surface area contributed by atoms with Crippen molar-refractivity contribution in [3.63, 3.8) is 0 Å². The number of hydrogen-bond donors (Lipinski definition) is 0. The summed E-state index contributed by atoms with van der Waals surface area (Å²) < 4.78 is 46.6. The molecular weight excluding hydrogens is 572 g/mol. The van der Waals surface area contributed by atoms with Crippen molar-refractivity contribution in [1.29, 1.82) is 0 Å². The van der Waals surface area contributed by atoms with Crippen LogP contribution in [-0.4, -0.2) is 79.1 Å². The van der Waals surface area contributed by atoms with Gasteiger partial charge in [-0.1, -0.05) is 43.7 Å². The molecule has 4 aliphatic rings. The second-order valence-electron chi connectivity index (χ2n) is 11.9. The van der Waals surface area contributed by atoms with E-state index in [4.69, 9.17) is 25.8 Å². The van der Waals surface area contributed by atoms with Crippen molar-refractivity contribution in [1.82, 2.24) is 9.21 Å². The number of allylic oxidation sites excluding steroid dienone is 2. The summed E-state index contributed by atoms with van der Waals surface area (Å²) in [6.07, 6.45) is 2.84. The highest BCUT2D eigenvalue weighted by Crippen LogP contribution is 2.67. The standard InChI is InChI=1S/C29H37ClN2O8S/c1-6-7-13-29(30)22-23(38-5)31(26(35)32(22)41(36,37)20-10-8-18(2)9-11-20)24(33)28-14-12-19(27(28,3)4)17-21(28)39-15-16-40-25(29)34/h6-11,19,21-23H,12-17H2,1-5H3/b7-6+/t19-,21-,22-,23+,28+,29?/m0/s1. The van der Waals surface area contributed by atoms with Crippen molar-refractivity contribution in [2.75, 3.05) is 20.3 Å². The molecule has 0 aromatic heterocycles. The van der Waals surface area contributed by atoms with Crippen LogP contribution in [0.25, 0.3) is 0 Å². The molecule has 2 aliphatic carbocycles. The summed E-state index contributed by atoms with van der Waals surface area (Å²) in [5.41, 5.74) is -0.846. The van der Waals surface area contributed by atoms with Crippen LogP contribution in [0.5, 0.6) is 0 Å². The maximum absolute atomic E-state index is 14.8. The van der Waals surface area contributed by atoms with Crippen molar-refractivity contribution in [3.05, 3.63) is 42.0 Å². The Hall–Kier alpha value is -2.47. The minimum absolute atomic E-state index is 0.0303. The molecule has 1 unspecified atom stereocenters. The van der Waals surface area contributed by atoms with E-state index >= 15 is 0 Å². The Labute approximate surface area is 246 Å². The summed E-state index contributed by atoms with van der Waals surface area (Å²) in [7, 11) is -3.36. The molecule has 4 bridgehead atoms. The number of imide groups is 1. The lowest BCUT2D eigenvalue weighted by Crippen LogP contribution is -2.60. The monoisotopic (exact) mass is 608 g/mol. The number of hydrogen-bond acceptors (Lipinski definition) is 8. The second-order valence-corrected chi connectivity index (χ2v) is 14.4. The molecule has 12 heteroatoms. The smallest absolute Gasteiger partial charge is 0.343 e. The van der Waals surface area contributed by atoms with E-state index in [1.165, 1.54) is 19.2 Å². The predicted octanol–water partition coefficient (Wildman–Crippen LogP) is 4.00. The number of esters is 1.